The zero-order valence-electron chi connectivity index (χ0n) is 20.4. The summed E-state index contributed by atoms with van der Waals surface area (Å²) in [5.74, 6) is 1.82. The fraction of sp³-hybridized carbons (Fsp3) is 0.773. The number of nitrogens with one attached hydrogen (secondary N) is 3. The number of rotatable bonds is 11. The Bertz CT molecular complexity index is 665. The zero-order chi connectivity index (χ0) is 22.6. The van der Waals surface area contributed by atoms with Crippen molar-refractivity contribution in [2.45, 2.75) is 91.8 Å². The Kier molecular flexibility index (Phi) is 13.8. The van der Waals surface area contributed by atoms with E-state index in [0.29, 0.717) is 6.54 Å². The maximum absolute atomic E-state index is 12.3. The smallest absolute Gasteiger partial charge is 0.408 e. The highest BCUT2D eigenvalue weighted by molar-refractivity contribution is 14.0. The second kappa shape index (κ2) is 14.5. The average molecular weight is 551 g/mol. The summed E-state index contributed by atoms with van der Waals surface area (Å²) < 4.78 is 7.61. The number of guanidine groups is 1. The van der Waals surface area contributed by atoms with Crippen LogP contribution in [0.25, 0.3) is 0 Å². The lowest BCUT2D eigenvalue weighted by molar-refractivity contribution is 0.0452. The first-order chi connectivity index (χ1) is 14.1. The molecule has 0 saturated heterocycles. The molecule has 8 nitrogen and oxygen atoms in total. The van der Waals surface area contributed by atoms with Gasteiger partial charge in [-0.25, -0.2) is 9.78 Å². The van der Waals surface area contributed by atoms with Gasteiger partial charge < -0.3 is 25.3 Å². The summed E-state index contributed by atoms with van der Waals surface area (Å²) >= 11 is 0. The van der Waals surface area contributed by atoms with E-state index in [1.54, 1.807) is 0 Å². The summed E-state index contributed by atoms with van der Waals surface area (Å²) in [7, 11) is 0. The van der Waals surface area contributed by atoms with E-state index in [4.69, 9.17) is 9.73 Å². The number of alkyl carbamates (subject to hydrolysis) is 1. The molecule has 0 radical (unpaired) electrons. The predicted octanol–water partition coefficient (Wildman–Crippen LogP) is 4.23. The van der Waals surface area contributed by atoms with Crippen molar-refractivity contribution in [1.29, 1.82) is 0 Å². The van der Waals surface area contributed by atoms with Crippen LogP contribution in [0.15, 0.2) is 17.4 Å². The third kappa shape index (κ3) is 11.6. The highest BCUT2D eigenvalue weighted by Crippen LogP contribution is 2.17. The first kappa shape index (κ1) is 29.5. The number of nitrogens with zero attached hydrogens (tertiary/aromatic N) is 3. The van der Waals surface area contributed by atoms with Crippen LogP contribution in [0.4, 0.5) is 4.79 Å². The minimum Gasteiger partial charge on any atom is -0.444 e. The quantitative estimate of drug-likeness (QED) is 0.166. The highest BCUT2D eigenvalue weighted by atomic mass is 127. The maximum Gasteiger partial charge on any atom is 0.408 e. The van der Waals surface area contributed by atoms with E-state index in [1.807, 2.05) is 47.0 Å². The molecular weight excluding hydrogens is 507 g/mol. The Morgan fingerprint density at radius 3 is 2.35 bits per heavy atom. The molecular formula is C22H43IN6O2. The van der Waals surface area contributed by atoms with Crippen LogP contribution in [-0.4, -0.2) is 52.4 Å². The summed E-state index contributed by atoms with van der Waals surface area (Å²) in [6.45, 7) is 16.9. The number of amides is 1. The number of aliphatic imine (C=N–C) groups is 1. The lowest BCUT2D eigenvalue weighted by Crippen LogP contribution is -2.52. The summed E-state index contributed by atoms with van der Waals surface area (Å²) in [5.41, 5.74) is -0.948. The number of carbonyl (C=O) groups excluding carboxylic acids is 1. The largest absolute Gasteiger partial charge is 0.444 e. The molecule has 0 aliphatic rings. The van der Waals surface area contributed by atoms with Crippen LogP contribution in [0.5, 0.6) is 0 Å². The molecule has 0 atom stereocenters. The first-order valence-electron chi connectivity index (χ1n) is 11.2. The van der Waals surface area contributed by atoms with Crippen LogP contribution in [0.1, 0.15) is 73.1 Å². The van der Waals surface area contributed by atoms with Crippen LogP contribution in [0, 0.1) is 6.92 Å². The Labute approximate surface area is 205 Å². The molecule has 1 amide bonds. The van der Waals surface area contributed by atoms with Crippen LogP contribution >= 0.6 is 24.0 Å². The monoisotopic (exact) mass is 550 g/mol. The van der Waals surface area contributed by atoms with E-state index in [9.17, 15) is 4.79 Å². The molecule has 0 saturated carbocycles. The third-order valence-corrected chi connectivity index (χ3v) is 5.05. The van der Waals surface area contributed by atoms with E-state index in [-0.39, 0.29) is 24.0 Å². The van der Waals surface area contributed by atoms with E-state index in [0.717, 1.165) is 57.1 Å². The standard InChI is InChI=1S/C22H42N6O2.HI/c1-8-22(9-2,27-20(29)30-21(5,6)7)17-26-19(23-10-3)25-13-11-12-15-28-16-14-24-18(28)4;/h14,16H,8-13,15,17H2,1-7H3,(H,27,29)(H2,23,25,26);1H. The van der Waals surface area contributed by atoms with Gasteiger partial charge in [0.25, 0.3) is 0 Å². The fourth-order valence-electron chi connectivity index (χ4n) is 3.04. The van der Waals surface area contributed by atoms with Gasteiger partial charge in [-0.2, -0.15) is 0 Å². The zero-order valence-corrected chi connectivity index (χ0v) is 22.7. The Morgan fingerprint density at radius 1 is 1.16 bits per heavy atom. The molecule has 31 heavy (non-hydrogen) atoms. The molecule has 0 unspecified atom stereocenters. The maximum atomic E-state index is 12.3. The lowest BCUT2D eigenvalue weighted by Gasteiger charge is -2.32. The predicted molar refractivity (Wildman–Crippen MR) is 138 cm³/mol. The van der Waals surface area contributed by atoms with Crippen LogP contribution in [0.2, 0.25) is 0 Å². The number of imidazole rings is 1. The van der Waals surface area contributed by atoms with Crippen molar-refractivity contribution in [2.75, 3.05) is 19.6 Å². The molecule has 3 N–H and O–H groups in total. The second-order valence-electron chi connectivity index (χ2n) is 8.61. The Balaban J connectivity index is 0.00000900. The van der Waals surface area contributed by atoms with Crippen LogP contribution in [-0.2, 0) is 11.3 Å². The normalized spacial score (nSPS) is 12.2. The molecule has 0 fully saturated rings. The number of carbonyl (C=O) groups is 1. The minimum absolute atomic E-state index is 0. The van der Waals surface area contributed by atoms with Gasteiger partial charge in [-0.15, -0.1) is 24.0 Å². The molecule has 0 spiro atoms. The van der Waals surface area contributed by atoms with E-state index in [2.05, 4.69) is 39.3 Å². The van der Waals surface area contributed by atoms with Gasteiger partial charge in [0.15, 0.2) is 5.96 Å². The van der Waals surface area contributed by atoms with Crippen molar-refractivity contribution in [3.63, 3.8) is 0 Å². The number of aryl methyl sites for hydroxylation is 2. The molecule has 0 aliphatic heterocycles. The third-order valence-electron chi connectivity index (χ3n) is 5.05. The topological polar surface area (TPSA) is 92.6 Å². The molecule has 0 bridgehead atoms. The van der Waals surface area contributed by atoms with E-state index < -0.39 is 17.2 Å². The molecule has 1 aromatic rings. The van der Waals surface area contributed by atoms with Crippen molar-refractivity contribution < 1.29 is 9.53 Å². The Hall–Kier alpha value is -1.52. The summed E-state index contributed by atoms with van der Waals surface area (Å²) in [4.78, 5) is 21.3. The molecule has 0 aromatic carbocycles. The Morgan fingerprint density at radius 2 is 1.84 bits per heavy atom. The number of hydrogen-bond acceptors (Lipinski definition) is 4. The van der Waals surface area contributed by atoms with Crippen LogP contribution < -0.4 is 16.0 Å². The minimum atomic E-state index is -0.522. The summed E-state index contributed by atoms with van der Waals surface area (Å²) in [5, 5.41) is 9.73. The average Bonchev–Trinajstić information content (AvgIpc) is 3.08. The van der Waals surface area contributed by atoms with Gasteiger partial charge in [0.05, 0.1) is 12.1 Å². The lowest BCUT2D eigenvalue weighted by atomic mass is 9.93. The highest BCUT2D eigenvalue weighted by Gasteiger charge is 2.30. The van der Waals surface area contributed by atoms with Crippen molar-refractivity contribution in [2.24, 2.45) is 4.99 Å². The SMILES string of the molecule is CCNC(=NCC(CC)(CC)NC(=O)OC(C)(C)C)NCCCCn1ccnc1C.I. The number of halogens is 1. The summed E-state index contributed by atoms with van der Waals surface area (Å²) in [6.07, 6.45) is 7.10. The van der Waals surface area contributed by atoms with Crippen molar-refractivity contribution >= 4 is 36.0 Å². The number of hydrogen-bond donors (Lipinski definition) is 3. The molecule has 1 heterocycles. The van der Waals surface area contributed by atoms with Gasteiger partial charge in [-0.05, 0) is 60.3 Å². The van der Waals surface area contributed by atoms with Crippen molar-refractivity contribution in [1.82, 2.24) is 25.5 Å². The first-order valence-corrected chi connectivity index (χ1v) is 11.2. The summed E-state index contributed by atoms with van der Waals surface area (Å²) in [6, 6.07) is 0. The number of unbranched alkanes of at least 4 members (excludes halogenated alkanes) is 1. The van der Waals surface area contributed by atoms with Gasteiger partial charge in [-0.1, -0.05) is 13.8 Å². The molecule has 0 aliphatic carbocycles. The van der Waals surface area contributed by atoms with Gasteiger partial charge in [0.2, 0.25) is 0 Å². The van der Waals surface area contributed by atoms with Gasteiger partial charge in [-0.3, -0.25) is 4.99 Å². The van der Waals surface area contributed by atoms with Crippen molar-refractivity contribution in [3.05, 3.63) is 18.2 Å². The van der Waals surface area contributed by atoms with E-state index in [1.165, 1.54) is 0 Å². The van der Waals surface area contributed by atoms with Crippen LogP contribution in [0.3, 0.4) is 0 Å². The second-order valence-corrected chi connectivity index (χ2v) is 8.61. The van der Waals surface area contributed by atoms with Gasteiger partial charge >= 0.3 is 6.09 Å². The molecule has 1 rings (SSSR count). The molecule has 180 valence electrons. The number of ether oxygens (including phenoxy) is 1. The number of aromatic nitrogens is 2. The fourth-order valence-corrected chi connectivity index (χ4v) is 3.04. The van der Waals surface area contributed by atoms with Crippen molar-refractivity contribution in [3.8, 4) is 0 Å². The van der Waals surface area contributed by atoms with E-state index >= 15 is 0 Å². The molecule has 9 heteroatoms. The van der Waals surface area contributed by atoms with Gasteiger partial charge in [0, 0.05) is 32.0 Å². The molecule has 1 aromatic heterocycles. The van der Waals surface area contributed by atoms with Gasteiger partial charge in [0.1, 0.15) is 11.4 Å².